The van der Waals surface area contributed by atoms with Crippen LogP contribution in [0.3, 0.4) is 0 Å². The highest BCUT2D eigenvalue weighted by atomic mass is 16.2. The summed E-state index contributed by atoms with van der Waals surface area (Å²) in [6, 6.07) is 25.7. The summed E-state index contributed by atoms with van der Waals surface area (Å²) < 4.78 is 0. The Kier molecular flexibility index (Phi) is 7.18. The Morgan fingerprint density at radius 2 is 1.38 bits per heavy atom. The van der Waals surface area contributed by atoms with Gasteiger partial charge >= 0.3 is 0 Å². The van der Waals surface area contributed by atoms with E-state index in [1.54, 1.807) is 12.1 Å². The molecule has 1 aliphatic heterocycles. The maximum atomic E-state index is 12.4. The summed E-state index contributed by atoms with van der Waals surface area (Å²) in [5.74, 6) is -0.468. The molecule has 1 aliphatic rings. The second kappa shape index (κ2) is 10.6. The molecule has 0 bridgehead atoms. The molecule has 0 aromatic heterocycles. The van der Waals surface area contributed by atoms with Crippen molar-refractivity contribution in [3.63, 3.8) is 0 Å². The molecule has 4 rings (SSSR count). The Morgan fingerprint density at radius 3 is 2.06 bits per heavy atom. The molecule has 2 amide bonds. The molecule has 164 valence electrons. The van der Waals surface area contributed by atoms with Gasteiger partial charge in [0.05, 0.1) is 6.54 Å². The third-order valence-electron chi connectivity index (χ3n) is 5.81. The maximum Gasteiger partial charge on any atom is 0.251 e. The van der Waals surface area contributed by atoms with Gasteiger partial charge in [-0.05, 0) is 60.2 Å². The number of hydrogen-bond acceptors (Lipinski definition) is 3. The zero-order chi connectivity index (χ0) is 22.2. The Hall–Kier alpha value is -3.60. The number of rotatable bonds is 7. The summed E-state index contributed by atoms with van der Waals surface area (Å²) in [5.41, 5.74) is 4.96. The first-order valence-corrected chi connectivity index (χ1v) is 11.2. The van der Waals surface area contributed by atoms with Crippen LogP contribution in [0.2, 0.25) is 0 Å². The molecule has 32 heavy (non-hydrogen) atoms. The van der Waals surface area contributed by atoms with E-state index < -0.39 is 0 Å². The SMILES string of the molecule is O=C(CNC(=O)c1ccc(-c2ccccc2)cc1)NCc1ccc(N2CCCCC2)cc1. The summed E-state index contributed by atoms with van der Waals surface area (Å²) in [5, 5.41) is 5.56. The molecule has 1 heterocycles. The normalized spacial score (nSPS) is 13.4. The van der Waals surface area contributed by atoms with Crippen molar-refractivity contribution in [2.75, 3.05) is 24.5 Å². The average Bonchev–Trinajstić information content (AvgIpc) is 2.87. The fourth-order valence-electron chi connectivity index (χ4n) is 3.95. The van der Waals surface area contributed by atoms with Crippen molar-refractivity contribution in [2.45, 2.75) is 25.8 Å². The topological polar surface area (TPSA) is 61.4 Å². The van der Waals surface area contributed by atoms with Crippen LogP contribution in [-0.2, 0) is 11.3 Å². The predicted octanol–water partition coefficient (Wildman–Crippen LogP) is 4.39. The Balaban J connectivity index is 1.22. The minimum absolute atomic E-state index is 0.0505. The van der Waals surface area contributed by atoms with Gasteiger partial charge < -0.3 is 15.5 Å². The van der Waals surface area contributed by atoms with Gasteiger partial charge in [0.25, 0.3) is 5.91 Å². The monoisotopic (exact) mass is 427 g/mol. The summed E-state index contributed by atoms with van der Waals surface area (Å²) >= 11 is 0. The van der Waals surface area contributed by atoms with Crippen molar-refractivity contribution in [2.24, 2.45) is 0 Å². The van der Waals surface area contributed by atoms with Crippen LogP contribution in [0.5, 0.6) is 0 Å². The molecule has 0 unspecified atom stereocenters. The van der Waals surface area contributed by atoms with E-state index in [1.165, 1.54) is 24.9 Å². The number of nitrogens with one attached hydrogen (secondary N) is 2. The molecule has 0 saturated carbocycles. The Bertz CT molecular complexity index is 1020. The first kappa shape index (κ1) is 21.6. The summed E-state index contributed by atoms with van der Waals surface area (Å²) in [6.07, 6.45) is 3.82. The average molecular weight is 428 g/mol. The van der Waals surface area contributed by atoms with Crippen LogP contribution in [0.15, 0.2) is 78.9 Å². The fourth-order valence-corrected chi connectivity index (χ4v) is 3.95. The highest BCUT2D eigenvalue weighted by Gasteiger charge is 2.11. The second-order valence-corrected chi connectivity index (χ2v) is 8.12. The second-order valence-electron chi connectivity index (χ2n) is 8.12. The molecular formula is C27H29N3O2. The van der Waals surface area contributed by atoms with Gasteiger partial charge in [-0.2, -0.15) is 0 Å². The molecule has 1 saturated heterocycles. The summed E-state index contributed by atoms with van der Waals surface area (Å²) in [7, 11) is 0. The van der Waals surface area contributed by atoms with E-state index in [0.29, 0.717) is 12.1 Å². The van der Waals surface area contributed by atoms with Gasteiger partial charge in [-0.15, -0.1) is 0 Å². The Morgan fingerprint density at radius 1 is 0.719 bits per heavy atom. The first-order valence-electron chi connectivity index (χ1n) is 11.2. The zero-order valence-corrected chi connectivity index (χ0v) is 18.2. The number of hydrogen-bond donors (Lipinski definition) is 2. The zero-order valence-electron chi connectivity index (χ0n) is 18.2. The number of piperidine rings is 1. The van der Waals surface area contributed by atoms with Crippen LogP contribution in [0.4, 0.5) is 5.69 Å². The van der Waals surface area contributed by atoms with Gasteiger partial charge in [0, 0.05) is 30.9 Å². The maximum absolute atomic E-state index is 12.4. The Labute approximate surface area is 189 Å². The van der Waals surface area contributed by atoms with Crippen molar-refractivity contribution in [3.8, 4) is 11.1 Å². The van der Waals surface area contributed by atoms with E-state index >= 15 is 0 Å². The van der Waals surface area contributed by atoms with Gasteiger partial charge in [-0.25, -0.2) is 0 Å². The number of carbonyl (C=O) groups is 2. The van der Waals surface area contributed by atoms with Crippen LogP contribution >= 0.6 is 0 Å². The highest BCUT2D eigenvalue weighted by molar-refractivity contribution is 5.96. The molecule has 0 atom stereocenters. The molecule has 5 nitrogen and oxygen atoms in total. The number of anilines is 1. The largest absolute Gasteiger partial charge is 0.372 e. The molecule has 1 fully saturated rings. The van der Waals surface area contributed by atoms with Gasteiger partial charge in [-0.1, -0.05) is 54.6 Å². The van der Waals surface area contributed by atoms with E-state index in [-0.39, 0.29) is 18.4 Å². The van der Waals surface area contributed by atoms with Crippen LogP contribution in [-0.4, -0.2) is 31.4 Å². The van der Waals surface area contributed by atoms with Crippen molar-refractivity contribution in [3.05, 3.63) is 90.0 Å². The van der Waals surface area contributed by atoms with Gasteiger partial charge in [0.1, 0.15) is 0 Å². The fraction of sp³-hybridized carbons (Fsp3) is 0.259. The third kappa shape index (κ3) is 5.76. The number of benzene rings is 3. The van der Waals surface area contributed by atoms with Gasteiger partial charge in [0.15, 0.2) is 0 Å². The van der Waals surface area contributed by atoms with Gasteiger partial charge in [-0.3, -0.25) is 9.59 Å². The number of carbonyl (C=O) groups excluding carboxylic acids is 2. The quantitative estimate of drug-likeness (QED) is 0.588. The van der Waals surface area contributed by atoms with Crippen LogP contribution in [0.1, 0.15) is 35.2 Å². The summed E-state index contributed by atoms with van der Waals surface area (Å²) in [6.45, 7) is 2.63. The lowest BCUT2D eigenvalue weighted by Gasteiger charge is -2.28. The van der Waals surface area contributed by atoms with Crippen molar-refractivity contribution < 1.29 is 9.59 Å². The molecule has 5 heteroatoms. The molecule has 2 N–H and O–H groups in total. The van der Waals surface area contributed by atoms with E-state index in [0.717, 1.165) is 29.8 Å². The number of amides is 2. The van der Waals surface area contributed by atoms with Crippen LogP contribution in [0, 0.1) is 0 Å². The van der Waals surface area contributed by atoms with Crippen molar-refractivity contribution in [1.29, 1.82) is 0 Å². The van der Waals surface area contributed by atoms with Crippen molar-refractivity contribution in [1.82, 2.24) is 10.6 Å². The van der Waals surface area contributed by atoms with E-state index in [1.807, 2.05) is 42.5 Å². The lowest BCUT2D eigenvalue weighted by atomic mass is 10.0. The third-order valence-corrected chi connectivity index (χ3v) is 5.81. The van der Waals surface area contributed by atoms with E-state index in [2.05, 4.69) is 39.8 Å². The molecule has 3 aromatic carbocycles. The van der Waals surface area contributed by atoms with E-state index in [4.69, 9.17) is 0 Å². The molecular weight excluding hydrogens is 398 g/mol. The lowest BCUT2D eigenvalue weighted by Crippen LogP contribution is -2.36. The molecule has 0 radical (unpaired) electrons. The van der Waals surface area contributed by atoms with Crippen LogP contribution in [0.25, 0.3) is 11.1 Å². The molecule has 0 aliphatic carbocycles. The highest BCUT2D eigenvalue weighted by Crippen LogP contribution is 2.20. The molecule has 0 spiro atoms. The predicted molar refractivity (Wildman–Crippen MR) is 129 cm³/mol. The first-order chi connectivity index (χ1) is 15.7. The molecule has 3 aromatic rings. The van der Waals surface area contributed by atoms with E-state index in [9.17, 15) is 9.59 Å². The lowest BCUT2D eigenvalue weighted by molar-refractivity contribution is -0.120. The van der Waals surface area contributed by atoms with Crippen LogP contribution < -0.4 is 15.5 Å². The minimum atomic E-state index is -0.259. The standard InChI is InChI=1S/C27H29N3O2/c31-26(28-19-21-9-15-25(16-10-21)30-17-5-2-6-18-30)20-29-27(32)24-13-11-23(12-14-24)22-7-3-1-4-8-22/h1,3-4,7-16H,2,5-6,17-20H2,(H,28,31)(H,29,32). The smallest absolute Gasteiger partial charge is 0.251 e. The van der Waals surface area contributed by atoms with Gasteiger partial charge in [0.2, 0.25) is 5.91 Å². The van der Waals surface area contributed by atoms with Crippen molar-refractivity contribution >= 4 is 17.5 Å². The number of nitrogens with zero attached hydrogens (tertiary/aromatic N) is 1. The summed E-state index contributed by atoms with van der Waals surface area (Å²) in [4.78, 5) is 26.9. The minimum Gasteiger partial charge on any atom is -0.372 e.